The van der Waals surface area contributed by atoms with E-state index in [-0.39, 0.29) is 23.4 Å². The number of hydrogen-bond donors (Lipinski definition) is 2. The number of methoxy groups -OCH3 is 1. The second-order valence-corrected chi connectivity index (χ2v) is 7.73. The minimum Gasteiger partial charge on any atom is -0.497 e. The summed E-state index contributed by atoms with van der Waals surface area (Å²) in [6.45, 7) is 1.88. The number of aromatic amines is 1. The number of hydrogen-bond acceptors (Lipinski definition) is 4. The number of ether oxygens (including phenoxy) is 1. The zero-order chi connectivity index (χ0) is 18.7. The lowest BCUT2D eigenvalue weighted by molar-refractivity contribution is 0.415. The van der Waals surface area contributed by atoms with Crippen molar-refractivity contribution in [2.75, 3.05) is 13.7 Å². The molecule has 0 amide bonds. The zero-order valence-electron chi connectivity index (χ0n) is 14.6. The Morgan fingerprint density at radius 3 is 2.62 bits per heavy atom. The molecule has 0 radical (unpaired) electrons. The maximum atomic E-state index is 12.4. The van der Waals surface area contributed by atoms with Crippen LogP contribution in [0.25, 0.3) is 10.9 Å². The van der Waals surface area contributed by atoms with E-state index in [2.05, 4.69) is 9.71 Å². The molecule has 0 aliphatic carbocycles. The average molecular weight is 372 g/mol. The van der Waals surface area contributed by atoms with Crippen molar-refractivity contribution in [3.8, 4) is 5.75 Å². The summed E-state index contributed by atoms with van der Waals surface area (Å²) in [5.74, 6) is 0.691. The minimum atomic E-state index is -3.61. The number of fused-ring (bicyclic) bond motifs is 1. The van der Waals surface area contributed by atoms with Crippen LogP contribution in [0.5, 0.6) is 5.75 Å². The molecule has 1 heterocycles. The summed E-state index contributed by atoms with van der Waals surface area (Å²) in [4.78, 5) is 15.3. The number of H-pyrrole nitrogens is 1. The molecule has 7 heteroatoms. The van der Waals surface area contributed by atoms with Crippen LogP contribution >= 0.6 is 0 Å². The van der Waals surface area contributed by atoms with Gasteiger partial charge in [0.1, 0.15) is 5.75 Å². The number of benzene rings is 2. The predicted molar refractivity (Wildman–Crippen MR) is 101 cm³/mol. The zero-order valence-corrected chi connectivity index (χ0v) is 15.4. The van der Waals surface area contributed by atoms with E-state index < -0.39 is 10.0 Å². The first-order valence-corrected chi connectivity index (χ1v) is 9.64. The van der Waals surface area contributed by atoms with Crippen LogP contribution in [-0.4, -0.2) is 27.1 Å². The van der Waals surface area contributed by atoms with Gasteiger partial charge in [-0.05, 0) is 49.2 Å². The van der Waals surface area contributed by atoms with Crippen LogP contribution in [0.3, 0.4) is 0 Å². The van der Waals surface area contributed by atoms with Gasteiger partial charge in [0.05, 0.1) is 12.0 Å². The van der Waals surface area contributed by atoms with Crippen molar-refractivity contribution in [3.63, 3.8) is 0 Å². The molecule has 0 atom stereocenters. The number of nitrogens with one attached hydrogen (secondary N) is 2. The van der Waals surface area contributed by atoms with E-state index >= 15 is 0 Å². The Bertz CT molecular complexity index is 1100. The highest BCUT2D eigenvalue weighted by atomic mass is 32.2. The molecule has 0 aliphatic rings. The lowest BCUT2D eigenvalue weighted by Gasteiger charge is -2.09. The second-order valence-electron chi connectivity index (χ2n) is 5.99. The first kappa shape index (κ1) is 18.2. The van der Waals surface area contributed by atoms with E-state index in [9.17, 15) is 13.2 Å². The highest BCUT2D eigenvalue weighted by Crippen LogP contribution is 2.19. The van der Waals surface area contributed by atoms with E-state index in [1.807, 2.05) is 6.07 Å². The fourth-order valence-corrected chi connectivity index (χ4v) is 4.07. The van der Waals surface area contributed by atoms with E-state index in [1.54, 1.807) is 56.5 Å². The first-order valence-electron chi connectivity index (χ1n) is 8.16. The maximum absolute atomic E-state index is 12.4. The van der Waals surface area contributed by atoms with Gasteiger partial charge in [-0.25, -0.2) is 13.1 Å². The third-order valence-electron chi connectivity index (χ3n) is 4.20. The molecule has 0 spiro atoms. The molecule has 26 heavy (non-hydrogen) atoms. The molecule has 2 N–H and O–H groups in total. The summed E-state index contributed by atoms with van der Waals surface area (Å²) in [5.41, 5.74) is 1.67. The Morgan fingerprint density at radius 2 is 1.88 bits per heavy atom. The molecule has 1 aromatic heterocycles. The smallest absolute Gasteiger partial charge is 0.251 e. The minimum absolute atomic E-state index is 0.134. The molecule has 0 bridgehead atoms. The Morgan fingerprint density at radius 1 is 1.12 bits per heavy atom. The van der Waals surface area contributed by atoms with Crippen molar-refractivity contribution in [2.45, 2.75) is 18.2 Å². The molecular weight excluding hydrogens is 352 g/mol. The topological polar surface area (TPSA) is 88.3 Å². The quantitative estimate of drug-likeness (QED) is 0.695. The van der Waals surface area contributed by atoms with Crippen LogP contribution in [0.15, 0.2) is 58.2 Å². The third-order valence-corrected chi connectivity index (χ3v) is 5.82. The van der Waals surface area contributed by atoms with Gasteiger partial charge in [0.15, 0.2) is 0 Å². The SMILES string of the molecule is COc1ccc2[nH]c(=O)c(CCNS(=O)(=O)c3ccccc3C)cc2c1. The van der Waals surface area contributed by atoms with Gasteiger partial charge in [0.2, 0.25) is 10.0 Å². The number of aryl methyl sites for hydroxylation is 1. The summed E-state index contributed by atoms with van der Waals surface area (Å²) in [6, 6.07) is 13.9. The Labute approximate surface area is 151 Å². The van der Waals surface area contributed by atoms with E-state index in [4.69, 9.17) is 4.74 Å². The molecule has 0 aliphatic heterocycles. The van der Waals surface area contributed by atoms with Gasteiger partial charge >= 0.3 is 0 Å². The molecule has 0 fully saturated rings. The van der Waals surface area contributed by atoms with Gasteiger partial charge in [0, 0.05) is 23.0 Å². The summed E-state index contributed by atoms with van der Waals surface area (Å²) >= 11 is 0. The molecule has 0 unspecified atom stereocenters. The van der Waals surface area contributed by atoms with Gasteiger partial charge in [0.25, 0.3) is 5.56 Å². The van der Waals surface area contributed by atoms with E-state index in [0.29, 0.717) is 22.4 Å². The number of aromatic nitrogens is 1. The summed E-state index contributed by atoms with van der Waals surface area (Å²) < 4.78 is 32.6. The van der Waals surface area contributed by atoms with Gasteiger partial charge < -0.3 is 9.72 Å². The van der Waals surface area contributed by atoms with Crippen molar-refractivity contribution in [1.82, 2.24) is 9.71 Å². The monoisotopic (exact) mass is 372 g/mol. The Hall–Kier alpha value is -2.64. The van der Waals surface area contributed by atoms with Crippen LogP contribution < -0.4 is 15.0 Å². The fourth-order valence-electron chi connectivity index (χ4n) is 2.80. The number of pyridine rings is 1. The molecular formula is C19H20N2O4S. The van der Waals surface area contributed by atoms with Crippen LogP contribution in [-0.2, 0) is 16.4 Å². The van der Waals surface area contributed by atoms with Gasteiger partial charge in [-0.1, -0.05) is 18.2 Å². The number of rotatable bonds is 6. The van der Waals surface area contributed by atoms with Crippen LogP contribution in [0.1, 0.15) is 11.1 Å². The summed E-state index contributed by atoms with van der Waals surface area (Å²) in [5, 5.41) is 0.834. The second kappa shape index (κ2) is 7.31. The lowest BCUT2D eigenvalue weighted by Crippen LogP contribution is -2.28. The van der Waals surface area contributed by atoms with E-state index in [1.165, 1.54) is 0 Å². The van der Waals surface area contributed by atoms with Crippen molar-refractivity contribution in [2.24, 2.45) is 0 Å². The van der Waals surface area contributed by atoms with Crippen molar-refractivity contribution >= 4 is 20.9 Å². The molecule has 0 saturated heterocycles. The molecule has 3 rings (SSSR count). The first-order chi connectivity index (χ1) is 12.4. The largest absolute Gasteiger partial charge is 0.497 e. The lowest BCUT2D eigenvalue weighted by atomic mass is 10.1. The molecule has 2 aromatic carbocycles. The molecule has 3 aromatic rings. The predicted octanol–water partition coefficient (Wildman–Crippen LogP) is 2.37. The molecule has 6 nitrogen and oxygen atoms in total. The highest BCUT2D eigenvalue weighted by molar-refractivity contribution is 7.89. The van der Waals surface area contributed by atoms with Crippen LogP contribution in [0.2, 0.25) is 0 Å². The summed E-state index contributed by atoms with van der Waals surface area (Å²) in [6.07, 6.45) is 0.285. The maximum Gasteiger partial charge on any atom is 0.251 e. The van der Waals surface area contributed by atoms with Crippen molar-refractivity contribution < 1.29 is 13.2 Å². The number of sulfonamides is 1. The van der Waals surface area contributed by atoms with Crippen LogP contribution in [0, 0.1) is 6.92 Å². The molecule has 136 valence electrons. The summed E-state index contributed by atoms with van der Waals surface area (Å²) in [7, 11) is -2.03. The average Bonchev–Trinajstić information content (AvgIpc) is 2.62. The normalized spacial score (nSPS) is 11.6. The molecule has 0 saturated carbocycles. The third kappa shape index (κ3) is 3.79. The van der Waals surface area contributed by atoms with Crippen LogP contribution in [0.4, 0.5) is 0 Å². The van der Waals surface area contributed by atoms with Gasteiger partial charge in [-0.2, -0.15) is 0 Å². The standard InChI is InChI=1S/C19H20N2O4S/c1-13-5-3-4-6-18(13)26(23,24)20-10-9-14-11-15-12-16(25-2)7-8-17(15)21-19(14)22/h3-8,11-12,20H,9-10H2,1-2H3,(H,21,22). The van der Waals surface area contributed by atoms with Gasteiger partial charge in [-0.15, -0.1) is 0 Å². The van der Waals surface area contributed by atoms with Gasteiger partial charge in [-0.3, -0.25) is 4.79 Å². The highest BCUT2D eigenvalue weighted by Gasteiger charge is 2.15. The van der Waals surface area contributed by atoms with Crippen molar-refractivity contribution in [3.05, 3.63) is 70.0 Å². The fraction of sp³-hybridized carbons (Fsp3) is 0.211. The van der Waals surface area contributed by atoms with Crippen molar-refractivity contribution in [1.29, 1.82) is 0 Å². The Balaban J connectivity index is 1.78. The Kier molecular flexibility index (Phi) is 5.11. The van der Waals surface area contributed by atoms with E-state index in [0.717, 1.165) is 5.39 Å².